The minimum Gasteiger partial charge on any atom is -0.385 e. The zero-order valence-corrected chi connectivity index (χ0v) is 20.5. The molecular weight excluding hydrogens is 489 g/mol. The summed E-state index contributed by atoms with van der Waals surface area (Å²) in [5.74, 6) is -1.87. The Bertz CT molecular complexity index is 1320. The number of anilines is 2. The van der Waals surface area contributed by atoms with Crippen LogP contribution in [0.5, 0.6) is 0 Å². The number of amides is 1. The van der Waals surface area contributed by atoms with Crippen molar-refractivity contribution >= 4 is 29.0 Å². The van der Waals surface area contributed by atoms with Gasteiger partial charge in [-0.25, -0.2) is 18.2 Å². The van der Waals surface area contributed by atoms with Gasteiger partial charge in [-0.05, 0) is 67.5 Å². The van der Waals surface area contributed by atoms with Gasteiger partial charge in [-0.2, -0.15) is 0 Å². The lowest BCUT2D eigenvalue weighted by molar-refractivity contribution is -0.117. The van der Waals surface area contributed by atoms with Crippen LogP contribution in [0.15, 0.2) is 60.1 Å². The van der Waals surface area contributed by atoms with Crippen molar-refractivity contribution in [3.8, 4) is 11.1 Å². The minimum absolute atomic E-state index is 0.0346. The Balaban J connectivity index is 0.000000179. The van der Waals surface area contributed by atoms with Gasteiger partial charge in [-0.15, -0.1) is 0 Å². The monoisotopic (exact) mass is 514 g/mol. The number of benzene rings is 2. The predicted octanol–water partition coefficient (Wildman–Crippen LogP) is 6.71. The number of aryl methyl sites for hydroxylation is 1. The van der Waals surface area contributed by atoms with Crippen LogP contribution in [0.25, 0.3) is 11.1 Å². The molecule has 3 N–H and O–H groups in total. The average molecular weight is 515 g/mol. The number of allylic oxidation sites excluding steroid dienone is 1. The molecule has 1 aliphatic heterocycles. The quantitative estimate of drug-likeness (QED) is 0.406. The van der Waals surface area contributed by atoms with E-state index in [2.05, 4.69) is 10.3 Å². The molecule has 5 rings (SSSR count). The molecule has 2 aliphatic rings. The third kappa shape index (κ3) is 5.49. The van der Waals surface area contributed by atoms with Gasteiger partial charge >= 0.3 is 0 Å². The summed E-state index contributed by atoms with van der Waals surface area (Å²) in [6.07, 6.45) is 5.56. The van der Waals surface area contributed by atoms with Crippen LogP contribution in [0.2, 0.25) is 5.02 Å². The highest BCUT2D eigenvalue weighted by molar-refractivity contribution is 6.30. The summed E-state index contributed by atoms with van der Waals surface area (Å²) in [5, 5.41) is 3.02. The number of pyridine rings is 1. The number of carbonyl (C=O) groups excluding carboxylic acids is 1. The largest absolute Gasteiger partial charge is 0.385 e. The van der Waals surface area contributed by atoms with E-state index >= 15 is 0 Å². The molecular formula is C27H26ClF3N4O. The van der Waals surface area contributed by atoms with Crippen LogP contribution in [0.1, 0.15) is 37.7 Å². The lowest BCUT2D eigenvalue weighted by Gasteiger charge is -2.20. The number of hydrogen-bond donors (Lipinski definition) is 2. The van der Waals surface area contributed by atoms with E-state index in [4.69, 9.17) is 17.3 Å². The van der Waals surface area contributed by atoms with Crippen LogP contribution >= 0.6 is 11.6 Å². The lowest BCUT2D eigenvalue weighted by atomic mass is 9.92. The Labute approximate surface area is 212 Å². The molecule has 2 fully saturated rings. The van der Waals surface area contributed by atoms with Crippen LogP contribution < -0.4 is 16.0 Å². The third-order valence-corrected chi connectivity index (χ3v) is 6.47. The van der Waals surface area contributed by atoms with Crippen LogP contribution in [-0.2, 0) is 4.79 Å². The maximum Gasteiger partial charge on any atom is 0.227 e. The molecule has 0 bridgehead atoms. The molecule has 1 aromatic heterocycles. The summed E-state index contributed by atoms with van der Waals surface area (Å²) < 4.78 is 42.0. The predicted molar refractivity (Wildman–Crippen MR) is 136 cm³/mol. The Hall–Kier alpha value is -3.52. The number of nitrogens with zero attached hydrogens (tertiary/aromatic N) is 2. The molecule has 188 valence electrons. The first-order valence-corrected chi connectivity index (χ1v) is 12.0. The summed E-state index contributed by atoms with van der Waals surface area (Å²) in [5.41, 5.74) is 8.67. The van der Waals surface area contributed by atoms with Crippen molar-refractivity contribution < 1.29 is 18.0 Å². The molecule has 9 heteroatoms. The summed E-state index contributed by atoms with van der Waals surface area (Å²) >= 11 is 5.58. The van der Waals surface area contributed by atoms with Crippen LogP contribution in [0, 0.1) is 24.4 Å². The first-order valence-electron chi connectivity index (χ1n) is 11.7. The molecule has 0 atom stereocenters. The summed E-state index contributed by atoms with van der Waals surface area (Å²) in [7, 11) is 0. The molecule has 1 amide bonds. The van der Waals surface area contributed by atoms with Crippen molar-refractivity contribution in [1.29, 1.82) is 0 Å². The summed E-state index contributed by atoms with van der Waals surface area (Å²) in [6, 6.07) is 11.5. The van der Waals surface area contributed by atoms with Gasteiger partial charge in [-0.3, -0.25) is 4.79 Å². The number of nitrogens with one attached hydrogen (secondary N) is 1. The lowest BCUT2D eigenvalue weighted by Crippen LogP contribution is -2.25. The fourth-order valence-corrected chi connectivity index (χ4v) is 4.22. The third-order valence-electron chi connectivity index (χ3n) is 6.26. The van der Waals surface area contributed by atoms with Crippen molar-refractivity contribution in [2.75, 3.05) is 16.8 Å². The number of carbonyl (C=O) groups is 1. The molecule has 1 saturated heterocycles. The topological polar surface area (TPSA) is 71.2 Å². The molecule has 2 heterocycles. The molecule has 2 aromatic carbocycles. The van der Waals surface area contributed by atoms with Crippen LogP contribution in [0.3, 0.4) is 0 Å². The van der Waals surface area contributed by atoms with Crippen molar-refractivity contribution in [2.45, 2.75) is 39.0 Å². The molecule has 5 nitrogen and oxygen atoms in total. The van der Waals surface area contributed by atoms with E-state index in [-0.39, 0.29) is 28.0 Å². The van der Waals surface area contributed by atoms with Gasteiger partial charge in [0.2, 0.25) is 5.91 Å². The van der Waals surface area contributed by atoms with Crippen molar-refractivity contribution in [3.05, 3.63) is 88.1 Å². The second kappa shape index (κ2) is 11.0. The highest BCUT2D eigenvalue weighted by Crippen LogP contribution is 2.33. The normalized spacial score (nSPS) is 14.8. The van der Waals surface area contributed by atoms with E-state index in [0.717, 1.165) is 30.4 Å². The number of rotatable bonds is 4. The average Bonchev–Trinajstić information content (AvgIpc) is 3.23. The summed E-state index contributed by atoms with van der Waals surface area (Å²) in [4.78, 5) is 16.8. The van der Waals surface area contributed by atoms with Gasteiger partial charge < -0.3 is 16.0 Å². The Morgan fingerprint density at radius 2 is 1.78 bits per heavy atom. The number of nitrogens with two attached hydrogens (primary N) is 1. The van der Waals surface area contributed by atoms with Gasteiger partial charge in [0.1, 0.15) is 5.82 Å². The van der Waals surface area contributed by atoms with Gasteiger partial charge in [0.15, 0.2) is 23.3 Å². The maximum absolute atomic E-state index is 14.4. The van der Waals surface area contributed by atoms with Crippen molar-refractivity contribution in [1.82, 2.24) is 4.98 Å². The van der Waals surface area contributed by atoms with E-state index in [0.29, 0.717) is 30.8 Å². The van der Waals surface area contributed by atoms with Gasteiger partial charge in [0, 0.05) is 24.7 Å². The Morgan fingerprint density at radius 1 is 1.03 bits per heavy atom. The van der Waals surface area contributed by atoms with Gasteiger partial charge in [0.05, 0.1) is 10.7 Å². The molecule has 1 aliphatic carbocycles. The molecule has 0 spiro atoms. The van der Waals surface area contributed by atoms with E-state index in [1.54, 1.807) is 18.2 Å². The fraction of sp³-hybridized carbons (Fsp3) is 0.259. The second-order valence-corrected chi connectivity index (χ2v) is 9.14. The molecule has 36 heavy (non-hydrogen) atoms. The number of halogens is 4. The smallest absolute Gasteiger partial charge is 0.227 e. The minimum atomic E-state index is -0.953. The molecule has 3 aromatic rings. The Morgan fingerprint density at radius 3 is 2.39 bits per heavy atom. The highest BCUT2D eigenvalue weighted by Gasteiger charge is 2.27. The summed E-state index contributed by atoms with van der Waals surface area (Å²) in [6.45, 7) is 2.30. The zero-order chi connectivity index (χ0) is 25.8. The van der Waals surface area contributed by atoms with Gasteiger partial charge in [-0.1, -0.05) is 35.9 Å². The standard InChI is InChI=1S/C17H15F2NO.C10H11ClFN3/c1-11-5-2-3-6-12(11)13-8-9-14(17(19)16(13)18)20-10-4-7-15(20)21;11-7-4-8(12)10(14-5-7)15-9(13)6-2-1-3-6/h2-3,5-6,8-9H,4,7,10H2,1H3;4-5H,1-3,13H2,(H,14,15). The second-order valence-electron chi connectivity index (χ2n) is 8.70. The number of hydrogen-bond acceptors (Lipinski definition) is 4. The van der Waals surface area contributed by atoms with Gasteiger partial charge in [0.25, 0.3) is 0 Å². The molecule has 0 unspecified atom stereocenters. The Kier molecular flexibility index (Phi) is 7.84. The van der Waals surface area contributed by atoms with E-state index in [1.165, 1.54) is 23.2 Å². The SMILES string of the molecule is Cc1ccccc1-c1ccc(N2CCCC2=O)c(F)c1F.NC(Nc1ncc(Cl)cc1F)=C1CCC1. The van der Waals surface area contributed by atoms with E-state index in [9.17, 15) is 18.0 Å². The number of aromatic nitrogens is 1. The van der Waals surface area contributed by atoms with Crippen LogP contribution in [0.4, 0.5) is 24.7 Å². The first kappa shape index (κ1) is 25.6. The van der Waals surface area contributed by atoms with E-state index < -0.39 is 17.5 Å². The van der Waals surface area contributed by atoms with Crippen molar-refractivity contribution in [2.24, 2.45) is 5.73 Å². The zero-order valence-electron chi connectivity index (χ0n) is 19.8. The first-order chi connectivity index (χ1) is 17.3. The highest BCUT2D eigenvalue weighted by atomic mass is 35.5. The maximum atomic E-state index is 14.4. The van der Waals surface area contributed by atoms with Crippen molar-refractivity contribution in [3.63, 3.8) is 0 Å². The van der Waals surface area contributed by atoms with Crippen LogP contribution in [-0.4, -0.2) is 17.4 Å². The van der Waals surface area contributed by atoms with E-state index in [1.807, 2.05) is 19.1 Å². The molecule has 1 saturated carbocycles. The fourth-order valence-electron chi connectivity index (χ4n) is 4.08. The molecule has 0 radical (unpaired) electrons.